The molecule has 8 heteroatoms. The molecular weight excluding hydrogens is 436 g/mol. The first-order valence-electron chi connectivity index (χ1n) is 6.11. The van der Waals surface area contributed by atoms with Gasteiger partial charge < -0.3 is 9.47 Å². The van der Waals surface area contributed by atoms with Crippen molar-refractivity contribution >= 4 is 55.3 Å². The SMILES string of the molecule is COc1cc(Br)cc(Br)c1OCC(=O)N/N=C\c1cccs1. The smallest absolute Gasteiger partial charge is 0.277 e. The van der Waals surface area contributed by atoms with Crippen LogP contribution in [0.15, 0.2) is 43.7 Å². The van der Waals surface area contributed by atoms with Crippen molar-refractivity contribution < 1.29 is 14.3 Å². The first-order chi connectivity index (χ1) is 10.6. The number of hydrogen-bond donors (Lipinski definition) is 1. The van der Waals surface area contributed by atoms with E-state index in [9.17, 15) is 4.79 Å². The first-order valence-corrected chi connectivity index (χ1v) is 8.58. The molecule has 0 aliphatic rings. The van der Waals surface area contributed by atoms with Gasteiger partial charge in [0.2, 0.25) is 0 Å². The second kappa shape index (κ2) is 8.30. The number of ether oxygens (including phenoxy) is 2. The zero-order chi connectivity index (χ0) is 15.9. The van der Waals surface area contributed by atoms with Gasteiger partial charge >= 0.3 is 0 Å². The monoisotopic (exact) mass is 446 g/mol. The zero-order valence-corrected chi connectivity index (χ0v) is 15.5. The van der Waals surface area contributed by atoms with Crippen molar-refractivity contribution in [1.82, 2.24) is 5.43 Å². The molecule has 1 heterocycles. The molecule has 0 spiro atoms. The molecule has 1 aromatic heterocycles. The number of rotatable bonds is 6. The van der Waals surface area contributed by atoms with Gasteiger partial charge in [0.1, 0.15) is 0 Å². The van der Waals surface area contributed by atoms with Crippen LogP contribution in [-0.2, 0) is 4.79 Å². The number of thiophene rings is 1. The third-order valence-corrected chi connectivity index (χ3v) is 4.32. The highest BCUT2D eigenvalue weighted by Gasteiger charge is 2.12. The maximum atomic E-state index is 11.7. The van der Waals surface area contributed by atoms with E-state index in [0.29, 0.717) is 16.0 Å². The van der Waals surface area contributed by atoms with Gasteiger partial charge in [0, 0.05) is 9.35 Å². The molecule has 0 aliphatic carbocycles. The summed E-state index contributed by atoms with van der Waals surface area (Å²) in [6, 6.07) is 7.38. The van der Waals surface area contributed by atoms with E-state index in [4.69, 9.17) is 9.47 Å². The Kier molecular flexibility index (Phi) is 6.41. The third-order valence-electron chi connectivity index (χ3n) is 2.47. The van der Waals surface area contributed by atoms with Crippen LogP contribution in [0.3, 0.4) is 0 Å². The highest BCUT2D eigenvalue weighted by molar-refractivity contribution is 9.11. The molecule has 2 rings (SSSR count). The molecule has 1 N–H and O–H groups in total. The number of benzene rings is 1. The van der Waals surface area contributed by atoms with Crippen molar-refractivity contribution in [1.29, 1.82) is 0 Å². The van der Waals surface area contributed by atoms with Gasteiger partial charge in [-0.3, -0.25) is 4.79 Å². The van der Waals surface area contributed by atoms with E-state index in [1.807, 2.05) is 23.6 Å². The quantitative estimate of drug-likeness (QED) is 0.541. The lowest BCUT2D eigenvalue weighted by molar-refractivity contribution is -0.123. The Morgan fingerprint density at radius 1 is 1.45 bits per heavy atom. The van der Waals surface area contributed by atoms with Crippen LogP contribution in [0.2, 0.25) is 0 Å². The van der Waals surface area contributed by atoms with E-state index in [2.05, 4.69) is 42.4 Å². The maximum Gasteiger partial charge on any atom is 0.277 e. The molecule has 0 saturated heterocycles. The molecule has 0 bridgehead atoms. The van der Waals surface area contributed by atoms with Crippen molar-refractivity contribution in [2.24, 2.45) is 5.10 Å². The van der Waals surface area contributed by atoms with Crippen LogP contribution in [-0.4, -0.2) is 25.8 Å². The van der Waals surface area contributed by atoms with Crippen LogP contribution < -0.4 is 14.9 Å². The number of nitrogens with one attached hydrogen (secondary N) is 1. The Morgan fingerprint density at radius 3 is 2.95 bits per heavy atom. The number of methoxy groups -OCH3 is 1. The summed E-state index contributed by atoms with van der Waals surface area (Å²) >= 11 is 8.26. The third kappa shape index (κ3) is 4.82. The van der Waals surface area contributed by atoms with Crippen molar-refractivity contribution in [3.8, 4) is 11.5 Å². The van der Waals surface area contributed by atoms with Gasteiger partial charge in [0.05, 0.1) is 17.8 Å². The fraction of sp³-hybridized carbons (Fsp3) is 0.143. The van der Waals surface area contributed by atoms with Crippen molar-refractivity contribution in [3.05, 3.63) is 43.5 Å². The Labute approximate surface area is 148 Å². The van der Waals surface area contributed by atoms with Gasteiger partial charge in [0.25, 0.3) is 5.91 Å². The largest absolute Gasteiger partial charge is 0.493 e. The van der Waals surface area contributed by atoms with Gasteiger partial charge in [-0.15, -0.1) is 11.3 Å². The summed E-state index contributed by atoms with van der Waals surface area (Å²) in [7, 11) is 1.53. The van der Waals surface area contributed by atoms with Gasteiger partial charge in [-0.05, 0) is 39.5 Å². The highest BCUT2D eigenvalue weighted by atomic mass is 79.9. The summed E-state index contributed by atoms with van der Waals surface area (Å²) in [5.41, 5.74) is 2.41. The Hall–Kier alpha value is -1.38. The molecule has 1 amide bonds. The van der Waals surface area contributed by atoms with Crippen molar-refractivity contribution in [2.75, 3.05) is 13.7 Å². The molecule has 0 atom stereocenters. The Balaban J connectivity index is 1.91. The molecule has 116 valence electrons. The summed E-state index contributed by atoms with van der Waals surface area (Å²) in [5.74, 6) is 0.629. The number of amides is 1. The molecule has 0 aliphatic heterocycles. The van der Waals surface area contributed by atoms with Crippen molar-refractivity contribution in [3.63, 3.8) is 0 Å². The van der Waals surface area contributed by atoms with E-state index >= 15 is 0 Å². The lowest BCUT2D eigenvalue weighted by atomic mass is 10.3. The summed E-state index contributed by atoms with van der Waals surface area (Å²) in [6.07, 6.45) is 1.58. The topological polar surface area (TPSA) is 59.9 Å². The van der Waals surface area contributed by atoms with E-state index in [1.54, 1.807) is 12.3 Å². The highest BCUT2D eigenvalue weighted by Crippen LogP contribution is 2.38. The Bertz CT molecular complexity index is 675. The summed E-state index contributed by atoms with van der Waals surface area (Å²) in [6.45, 7) is -0.168. The van der Waals surface area contributed by atoms with Gasteiger partial charge in [-0.2, -0.15) is 5.10 Å². The molecule has 22 heavy (non-hydrogen) atoms. The molecule has 5 nitrogen and oxygen atoms in total. The average Bonchev–Trinajstić information content (AvgIpc) is 2.98. The van der Waals surface area contributed by atoms with Crippen LogP contribution in [0, 0.1) is 0 Å². The second-order valence-electron chi connectivity index (χ2n) is 4.02. The van der Waals surface area contributed by atoms with Crippen LogP contribution in [0.5, 0.6) is 11.5 Å². The maximum absolute atomic E-state index is 11.7. The number of carbonyl (C=O) groups excluding carboxylic acids is 1. The molecule has 0 saturated carbocycles. The minimum atomic E-state index is -0.357. The van der Waals surface area contributed by atoms with Crippen LogP contribution in [0.1, 0.15) is 4.88 Å². The predicted octanol–water partition coefficient (Wildman–Crippen LogP) is 3.81. The van der Waals surface area contributed by atoms with Gasteiger partial charge in [0.15, 0.2) is 18.1 Å². The van der Waals surface area contributed by atoms with E-state index in [1.165, 1.54) is 18.4 Å². The average molecular weight is 448 g/mol. The van der Waals surface area contributed by atoms with Gasteiger partial charge in [-0.25, -0.2) is 5.43 Å². The molecule has 1 aromatic carbocycles. The van der Waals surface area contributed by atoms with Crippen LogP contribution in [0.25, 0.3) is 0 Å². The fourth-order valence-corrected chi connectivity index (χ4v) is 3.42. The Morgan fingerprint density at radius 2 is 2.27 bits per heavy atom. The number of halogens is 2. The number of carbonyl (C=O) groups is 1. The van der Waals surface area contributed by atoms with Crippen LogP contribution >= 0.6 is 43.2 Å². The van der Waals surface area contributed by atoms with E-state index in [-0.39, 0.29) is 12.5 Å². The number of nitrogens with zero attached hydrogens (tertiary/aromatic N) is 1. The molecule has 2 aromatic rings. The van der Waals surface area contributed by atoms with Gasteiger partial charge in [-0.1, -0.05) is 22.0 Å². The fourth-order valence-electron chi connectivity index (χ4n) is 1.53. The van der Waals surface area contributed by atoms with E-state index < -0.39 is 0 Å². The summed E-state index contributed by atoms with van der Waals surface area (Å²) in [4.78, 5) is 12.7. The van der Waals surface area contributed by atoms with E-state index in [0.717, 1.165) is 9.35 Å². The first kappa shape index (κ1) is 17.0. The van der Waals surface area contributed by atoms with Crippen LogP contribution in [0.4, 0.5) is 0 Å². The lowest BCUT2D eigenvalue weighted by Crippen LogP contribution is -2.24. The molecule has 0 unspecified atom stereocenters. The second-order valence-corrected chi connectivity index (χ2v) is 6.77. The summed E-state index contributed by atoms with van der Waals surface area (Å²) in [5, 5.41) is 5.79. The summed E-state index contributed by atoms with van der Waals surface area (Å²) < 4.78 is 12.2. The van der Waals surface area contributed by atoms with Crippen molar-refractivity contribution in [2.45, 2.75) is 0 Å². The normalized spacial score (nSPS) is 10.7. The molecular formula is C14H12Br2N2O3S. The molecule has 0 radical (unpaired) electrons. The predicted molar refractivity (Wildman–Crippen MR) is 93.9 cm³/mol. The minimum absolute atomic E-state index is 0.168. The number of hydrazone groups is 1. The molecule has 0 fully saturated rings. The number of hydrogen-bond acceptors (Lipinski definition) is 5. The lowest BCUT2D eigenvalue weighted by Gasteiger charge is -2.12. The minimum Gasteiger partial charge on any atom is -0.493 e. The standard InChI is InChI=1S/C14H12Br2N2O3S/c1-20-12-6-9(15)5-11(16)14(12)21-8-13(19)18-17-7-10-3-2-4-22-10/h2-7H,8H2,1H3,(H,18,19)/b17-7-. The zero-order valence-electron chi connectivity index (χ0n) is 11.5.